The molecule has 0 aliphatic rings. The zero-order valence-electron chi connectivity index (χ0n) is 15.0. The Hall–Kier alpha value is -2.80. The van der Waals surface area contributed by atoms with E-state index in [-0.39, 0.29) is 24.8 Å². The number of hydrogen-bond donors (Lipinski definition) is 0. The maximum Gasteiger partial charge on any atom is 0.416 e. The minimum atomic E-state index is -4.88. The van der Waals surface area contributed by atoms with Gasteiger partial charge in [-0.1, -0.05) is 54.6 Å². The largest absolute Gasteiger partial charge is 0.416 e. The zero-order valence-corrected chi connectivity index (χ0v) is 15.0. The molecule has 3 rings (SSSR count). The molecule has 0 radical (unpaired) electrons. The van der Waals surface area contributed by atoms with Crippen LogP contribution in [0.5, 0.6) is 0 Å². The van der Waals surface area contributed by atoms with Gasteiger partial charge in [-0.05, 0) is 40.5 Å². The van der Waals surface area contributed by atoms with Crippen molar-refractivity contribution in [2.75, 3.05) is 0 Å². The molecule has 152 valence electrons. The molecule has 0 aliphatic heterocycles. The molecule has 0 saturated heterocycles. The highest BCUT2D eigenvalue weighted by Gasteiger charge is 2.36. The van der Waals surface area contributed by atoms with Crippen molar-refractivity contribution in [3.8, 4) is 11.1 Å². The van der Waals surface area contributed by atoms with Gasteiger partial charge in [0.2, 0.25) is 0 Å². The predicted octanol–water partition coefficient (Wildman–Crippen LogP) is 7.11. The smallest absolute Gasteiger partial charge is 0.372 e. The third-order valence-electron chi connectivity index (χ3n) is 4.28. The van der Waals surface area contributed by atoms with E-state index in [4.69, 9.17) is 4.74 Å². The van der Waals surface area contributed by atoms with Gasteiger partial charge in [0.25, 0.3) is 0 Å². The number of rotatable bonds is 5. The fourth-order valence-electron chi connectivity index (χ4n) is 2.93. The summed E-state index contributed by atoms with van der Waals surface area (Å²) in [6, 6.07) is 18.2. The molecule has 0 aromatic heterocycles. The second kappa shape index (κ2) is 8.29. The Kier molecular flexibility index (Phi) is 5.98. The summed E-state index contributed by atoms with van der Waals surface area (Å²) in [4.78, 5) is 0. The average molecular weight is 410 g/mol. The third-order valence-corrected chi connectivity index (χ3v) is 4.28. The normalized spacial score (nSPS) is 12.2. The predicted molar refractivity (Wildman–Crippen MR) is 96.8 cm³/mol. The minimum Gasteiger partial charge on any atom is -0.372 e. The lowest BCUT2D eigenvalue weighted by Gasteiger charge is -2.15. The lowest BCUT2D eigenvalue weighted by Crippen LogP contribution is -2.12. The monoisotopic (exact) mass is 410 g/mol. The van der Waals surface area contributed by atoms with Gasteiger partial charge in [-0.15, -0.1) is 0 Å². The number of halogens is 6. The summed E-state index contributed by atoms with van der Waals surface area (Å²) in [6.45, 7) is -0.335. The van der Waals surface area contributed by atoms with Crippen molar-refractivity contribution >= 4 is 0 Å². The molecule has 0 N–H and O–H groups in total. The highest BCUT2D eigenvalue weighted by atomic mass is 19.4. The summed E-state index contributed by atoms with van der Waals surface area (Å²) >= 11 is 0. The van der Waals surface area contributed by atoms with E-state index in [2.05, 4.69) is 0 Å². The van der Waals surface area contributed by atoms with E-state index in [1.165, 1.54) is 0 Å². The second-order valence-electron chi connectivity index (χ2n) is 6.43. The molecule has 3 aromatic rings. The van der Waals surface area contributed by atoms with Crippen molar-refractivity contribution in [1.29, 1.82) is 0 Å². The Labute approximate surface area is 163 Å². The van der Waals surface area contributed by atoms with Gasteiger partial charge in [0.1, 0.15) is 0 Å². The molecule has 7 heteroatoms. The van der Waals surface area contributed by atoms with Crippen LogP contribution in [0.15, 0.2) is 72.8 Å². The first-order chi connectivity index (χ1) is 13.6. The van der Waals surface area contributed by atoms with E-state index < -0.39 is 23.5 Å². The van der Waals surface area contributed by atoms with Gasteiger partial charge >= 0.3 is 12.4 Å². The number of ether oxygens (including phenoxy) is 1. The van der Waals surface area contributed by atoms with E-state index in [1.54, 1.807) is 12.1 Å². The molecule has 0 heterocycles. The first kappa shape index (κ1) is 20.9. The van der Waals surface area contributed by atoms with Gasteiger partial charge in [-0.3, -0.25) is 0 Å². The highest BCUT2D eigenvalue weighted by molar-refractivity contribution is 5.67. The number of benzene rings is 3. The minimum absolute atomic E-state index is 0.0443. The number of alkyl halides is 6. The maximum absolute atomic E-state index is 13.0. The first-order valence-corrected chi connectivity index (χ1v) is 8.64. The molecule has 0 amide bonds. The van der Waals surface area contributed by atoms with Crippen LogP contribution in [0.3, 0.4) is 0 Å². The average Bonchev–Trinajstić information content (AvgIpc) is 2.67. The van der Waals surface area contributed by atoms with Crippen LogP contribution >= 0.6 is 0 Å². The SMILES string of the molecule is FC(F)(F)c1cc(COCc2ccccc2-c2ccccc2)cc(C(F)(F)F)c1. The van der Waals surface area contributed by atoms with Gasteiger partial charge in [-0.2, -0.15) is 26.3 Å². The van der Waals surface area contributed by atoms with Crippen molar-refractivity contribution in [3.05, 3.63) is 95.1 Å². The fourth-order valence-corrected chi connectivity index (χ4v) is 2.93. The van der Waals surface area contributed by atoms with Gasteiger partial charge in [-0.25, -0.2) is 0 Å². The molecular formula is C22H16F6O. The van der Waals surface area contributed by atoms with Crippen LogP contribution in [0.1, 0.15) is 22.3 Å². The molecule has 0 atom stereocenters. The molecule has 1 nitrogen and oxygen atoms in total. The third kappa shape index (κ3) is 5.38. The maximum atomic E-state index is 13.0. The molecular weight excluding hydrogens is 394 g/mol. The Balaban J connectivity index is 1.80. The van der Waals surface area contributed by atoms with E-state index in [1.807, 2.05) is 42.5 Å². The van der Waals surface area contributed by atoms with Crippen LogP contribution in [0.25, 0.3) is 11.1 Å². The van der Waals surface area contributed by atoms with Crippen molar-refractivity contribution in [3.63, 3.8) is 0 Å². The van der Waals surface area contributed by atoms with Gasteiger partial charge in [0, 0.05) is 0 Å². The van der Waals surface area contributed by atoms with Crippen LogP contribution in [-0.2, 0) is 30.3 Å². The molecule has 29 heavy (non-hydrogen) atoms. The standard InChI is InChI=1S/C22H16F6O/c23-21(24,25)18-10-15(11-19(12-18)22(26,27)28)13-29-14-17-8-4-5-9-20(17)16-6-2-1-3-7-16/h1-12H,13-14H2. The molecule has 3 aromatic carbocycles. The van der Waals surface area contributed by atoms with Crippen LogP contribution in [-0.4, -0.2) is 0 Å². The molecule has 0 aliphatic carbocycles. The van der Waals surface area contributed by atoms with Crippen molar-refractivity contribution in [2.45, 2.75) is 25.6 Å². The lowest BCUT2D eigenvalue weighted by atomic mass is 10.0. The topological polar surface area (TPSA) is 9.23 Å². The Bertz CT molecular complexity index is 929. The fraction of sp³-hybridized carbons (Fsp3) is 0.182. The Morgan fingerprint density at radius 2 is 1.17 bits per heavy atom. The Morgan fingerprint density at radius 3 is 1.76 bits per heavy atom. The van der Waals surface area contributed by atoms with E-state index in [0.29, 0.717) is 12.1 Å². The molecule has 0 fully saturated rings. The Morgan fingerprint density at radius 1 is 0.621 bits per heavy atom. The van der Waals surface area contributed by atoms with Crippen molar-refractivity contribution in [1.82, 2.24) is 0 Å². The first-order valence-electron chi connectivity index (χ1n) is 8.64. The summed E-state index contributed by atoms with van der Waals surface area (Å²) < 4.78 is 83.2. The van der Waals surface area contributed by atoms with Crippen molar-refractivity contribution in [2.24, 2.45) is 0 Å². The second-order valence-corrected chi connectivity index (χ2v) is 6.43. The summed E-state index contributed by atoms with van der Waals surface area (Å²) in [5, 5.41) is 0. The molecule has 0 saturated carbocycles. The summed E-state index contributed by atoms with van der Waals surface area (Å²) in [7, 11) is 0. The number of hydrogen-bond acceptors (Lipinski definition) is 1. The van der Waals surface area contributed by atoms with E-state index >= 15 is 0 Å². The van der Waals surface area contributed by atoms with Crippen LogP contribution in [0.4, 0.5) is 26.3 Å². The van der Waals surface area contributed by atoms with Crippen LogP contribution in [0, 0.1) is 0 Å². The molecule has 0 bridgehead atoms. The summed E-state index contributed by atoms with van der Waals surface area (Å²) in [5.41, 5.74) is -0.296. The highest BCUT2D eigenvalue weighted by Crippen LogP contribution is 2.36. The van der Waals surface area contributed by atoms with Gasteiger partial charge < -0.3 is 4.74 Å². The molecule has 0 spiro atoms. The molecule has 0 unspecified atom stereocenters. The van der Waals surface area contributed by atoms with Crippen molar-refractivity contribution < 1.29 is 31.1 Å². The quantitative estimate of drug-likeness (QED) is 0.408. The summed E-state index contributed by atoms with van der Waals surface area (Å²) in [5.74, 6) is 0. The zero-order chi connectivity index (χ0) is 21.1. The summed E-state index contributed by atoms with van der Waals surface area (Å²) in [6.07, 6.45) is -9.76. The van der Waals surface area contributed by atoms with Gasteiger partial charge in [0.05, 0.1) is 24.3 Å². The van der Waals surface area contributed by atoms with E-state index in [0.717, 1.165) is 16.7 Å². The lowest BCUT2D eigenvalue weighted by molar-refractivity contribution is -0.143. The van der Waals surface area contributed by atoms with Gasteiger partial charge in [0.15, 0.2) is 0 Å². The van der Waals surface area contributed by atoms with E-state index in [9.17, 15) is 26.3 Å². The van der Waals surface area contributed by atoms with Crippen LogP contribution in [0.2, 0.25) is 0 Å². The van der Waals surface area contributed by atoms with Crippen LogP contribution < -0.4 is 0 Å².